The van der Waals surface area contributed by atoms with E-state index in [1.165, 1.54) is 6.07 Å². The Morgan fingerprint density at radius 2 is 1.94 bits per heavy atom. The molecule has 0 amide bonds. The number of hydrogen-bond donors (Lipinski definition) is 1. The highest BCUT2D eigenvalue weighted by Crippen LogP contribution is 2.33. The van der Waals surface area contributed by atoms with Crippen molar-refractivity contribution in [3.05, 3.63) is 47.7 Å². The Balaban J connectivity index is 2.09. The zero-order chi connectivity index (χ0) is 12.4. The molecular formula is C11H7Br3FNS. The van der Waals surface area contributed by atoms with Crippen LogP contribution in [0, 0.1) is 5.82 Å². The summed E-state index contributed by atoms with van der Waals surface area (Å²) in [4.78, 5) is 1.13. The molecular weight excluding hydrogens is 437 g/mol. The Hall–Kier alpha value is 0.0900. The van der Waals surface area contributed by atoms with E-state index in [1.807, 2.05) is 6.07 Å². The Bertz CT molecular complexity index is 522. The van der Waals surface area contributed by atoms with Gasteiger partial charge >= 0.3 is 0 Å². The number of benzene rings is 1. The van der Waals surface area contributed by atoms with Crippen LogP contribution in [0.2, 0.25) is 0 Å². The molecule has 0 atom stereocenters. The quantitative estimate of drug-likeness (QED) is 0.633. The molecule has 90 valence electrons. The highest BCUT2D eigenvalue weighted by atomic mass is 79.9. The summed E-state index contributed by atoms with van der Waals surface area (Å²) in [6.07, 6.45) is 0. The van der Waals surface area contributed by atoms with Crippen LogP contribution in [-0.2, 0) is 6.54 Å². The Kier molecular flexibility index (Phi) is 4.63. The number of anilines is 1. The molecule has 0 aliphatic carbocycles. The van der Waals surface area contributed by atoms with Crippen molar-refractivity contribution in [2.45, 2.75) is 6.54 Å². The minimum atomic E-state index is -0.247. The van der Waals surface area contributed by atoms with Crippen LogP contribution in [0.15, 0.2) is 37.0 Å². The van der Waals surface area contributed by atoms with Crippen molar-refractivity contribution in [3.8, 4) is 0 Å². The summed E-state index contributed by atoms with van der Waals surface area (Å²) in [5, 5.41) is 3.07. The highest BCUT2D eigenvalue weighted by Gasteiger charge is 2.06. The van der Waals surface area contributed by atoms with Crippen molar-refractivity contribution >= 4 is 64.8 Å². The molecule has 0 spiro atoms. The first kappa shape index (κ1) is 13.5. The zero-order valence-corrected chi connectivity index (χ0v) is 14.0. The third-order valence-electron chi connectivity index (χ3n) is 2.08. The van der Waals surface area contributed by atoms with Crippen molar-refractivity contribution in [2.75, 3.05) is 5.32 Å². The van der Waals surface area contributed by atoms with Crippen LogP contribution in [0.3, 0.4) is 0 Å². The fourth-order valence-corrected chi connectivity index (χ4v) is 3.77. The second kappa shape index (κ2) is 5.82. The van der Waals surface area contributed by atoms with Gasteiger partial charge in [-0.1, -0.05) is 15.9 Å². The van der Waals surface area contributed by atoms with E-state index in [2.05, 4.69) is 53.1 Å². The molecule has 1 aromatic carbocycles. The molecule has 0 aliphatic rings. The van der Waals surface area contributed by atoms with Gasteiger partial charge in [0.1, 0.15) is 5.82 Å². The predicted octanol–water partition coefficient (Wildman–Crippen LogP) is 5.79. The fourth-order valence-electron chi connectivity index (χ4n) is 1.29. The second-order valence-electron chi connectivity index (χ2n) is 3.31. The largest absolute Gasteiger partial charge is 0.378 e. The van der Waals surface area contributed by atoms with Crippen molar-refractivity contribution in [1.82, 2.24) is 0 Å². The Labute approximate surface area is 128 Å². The summed E-state index contributed by atoms with van der Waals surface area (Å²) in [6.45, 7) is 0.599. The molecule has 0 unspecified atom stereocenters. The molecule has 1 N–H and O–H groups in total. The molecule has 0 bridgehead atoms. The number of hydrogen-bond acceptors (Lipinski definition) is 2. The lowest BCUT2D eigenvalue weighted by atomic mass is 10.3. The van der Waals surface area contributed by atoms with Crippen molar-refractivity contribution in [3.63, 3.8) is 0 Å². The molecule has 1 heterocycles. The maximum absolute atomic E-state index is 13.5. The maximum atomic E-state index is 13.5. The third kappa shape index (κ3) is 3.53. The van der Waals surface area contributed by atoms with E-state index in [0.29, 0.717) is 12.2 Å². The smallest absolute Gasteiger partial charge is 0.146 e. The molecule has 1 nitrogen and oxygen atoms in total. The van der Waals surface area contributed by atoms with Gasteiger partial charge in [0.05, 0.1) is 9.47 Å². The molecule has 0 saturated carbocycles. The van der Waals surface area contributed by atoms with Gasteiger partial charge in [0.25, 0.3) is 0 Å². The van der Waals surface area contributed by atoms with Gasteiger partial charge in [-0.3, -0.25) is 0 Å². The van der Waals surface area contributed by atoms with Crippen LogP contribution < -0.4 is 5.32 Å². The van der Waals surface area contributed by atoms with Crippen molar-refractivity contribution in [2.24, 2.45) is 0 Å². The summed E-state index contributed by atoms with van der Waals surface area (Å²) in [5.74, 6) is -0.247. The van der Waals surface area contributed by atoms with E-state index in [1.54, 1.807) is 23.5 Å². The van der Waals surface area contributed by atoms with Crippen LogP contribution >= 0.6 is 59.1 Å². The minimum absolute atomic E-state index is 0.247. The topological polar surface area (TPSA) is 12.0 Å². The standard InChI is InChI=1S/C11H7Br3FNS/c12-6-1-2-9(15)10(3-6)16-5-7-4-8(13)11(14)17-7/h1-4,16H,5H2. The van der Waals surface area contributed by atoms with Gasteiger partial charge in [-0.05, 0) is 56.1 Å². The second-order valence-corrected chi connectivity index (χ2v) is 7.54. The van der Waals surface area contributed by atoms with E-state index < -0.39 is 0 Å². The van der Waals surface area contributed by atoms with E-state index >= 15 is 0 Å². The van der Waals surface area contributed by atoms with Crippen LogP contribution in [0.1, 0.15) is 4.88 Å². The minimum Gasteiger partial charge on any atom is -0.378 e. The number of nitrogens with one attached hydrogen (secondary N) is 1. The molecule has 2 aromatic rings. The lowest BCUT2D eigenvalue weighted by Gasteiger charge is -2.06. The van der Waals surface area contributed by atoms with E-state index in [-0.39, 0.29) is 5.82 Å². The average Bonchev–Trinajstić information content (AvgIpc) is 2.60. The number of thiophene rings is 1. The van der Waals surface area contributed by atoms with Crippen LogP contribution in [0.25, 0.3) is 0 Å². The van der Waals surface area contributed by atoms with Crippen LogP contribution in [0.4, 0.5) is 10.1 Å². The lowest BCUT2D eigenvalue weighted by Crippen LogP contribution is -1.99. The van der Waals surface area contributed by atoms with Gasteiger partial charge in [-0.15, -0.1) is 11.3 Å². The SMILES string of the molecule is Fc1ccc(Br)cc1NCc1cc(Br)c(Br)s1. The zero-order valence-electron chi connectivity index (χ0n) is 8.44. The van der Waals surface area contributed by atoms with Gasteiger partial charge in [0, 0.05) is 20.4 Å². The molecule has 6 heteroatoms. The summed E-state index contributed by atoms with van der Waals surface area (Å²) < 4.78 is 16.4. The summed E-state index contributed by atoms with van der Waals surface area (Å²) in [5.41, 5.74) is 0.500. The van der Waals surface area contributed by atoms with E-state index in [0.717, 1.165) is 17.6 Å². The Morgan fingerprint density at radius 3 is 2.59 bits per heavy atom. The first-order chi connectivity index (χ1) is 8.06. The molecule has 0 aliphatic heterocycles. The van der Waals surface area contributed by atoms with Gasteiger partial charge in [-0.25, -0.2) is 4.39 Å². The molecule has 0 saturated heterocycles. The summed E-state index contributed by atoms with van der Waals surface area (Å²) >= 11 is 11.8. The molecule has 1 aromatic heterocycles. The molecule has 2 rings (SSSR count). The highest BCUT2D eigenvalue weighted by molar-refractivity contribution is 9.13. The average molecular weight is 444 g/mol. The maximum Gasteiger partial charge on any atom is 0.146 e. The fraction of sp³-hybridized carbons (Fsp3) is 0.0909. The summed E-state index contributed by atoms with van der Waals surface area (Å²) in [7, 11) is 0. The van der Waals surface area contributed by atoms with Crippen molar-refractivity contribution in [1.29, 1.82) is 0 Å². The van der Waals surface area contributed by atoms with Crippen LogP contribution in [0.5, 0.6) is 0 Å². The van der Waals surface area contributed by atoms with Gasteiger partial charge < -0.3 is 5.32 Å². The normalized spacial score (nSPS) is 10.6. The predicted molar refractivity (Wildman–Crippen MR) is 81.1 cm³/mol. The number of halogens is 4. The van der Waals surface area contributed by atoms with E-state index in [9.17, 15) is 4.39 Å². The lowest BCUT2D eigenvalue weighted by molar-refractivity contribution is 0.630. The Morgan fingerprint density at radius 1 is 1.18 bits per heavy atom. The number of rotatable bonds is 3. The van der Waals surface area contributed by atoms with Gasteiger partial charge in [-0.2, -0.15) is 0 Å². The summed E-state index contributed by atoms with van der Waals surface area (Å²) in [6, 6.07) is 6.86. The first-order valence-corrected chi connectivity index (χ1v) is 7.88. The molecule has 17 heavy (non-hydrogen) atoms. The van der Waals surface area contributed by atoms with E-state index in [4.69, 9.17) is 0 Å². The van der Waals surface area contributed by atoms with Gasteiger partial charge in [0.15, 0.2) is 0 Å². The van der Waals surface area contributed by atoms with Gasteiger partial charge in [0.2, 0.25) is 0 Å². The first-order valence-electron chi connectivity index (χ1n) is 4.69. The molecule has 0 fully saturated rings. The van der Waals surface area contributed by atoms with Crippen LogP contribution in [-0.4, -0.2) is 0 Å². The monoisotopic (exact) mass is 441 g/mol. The van der Waals surface area contributed by atoms with Crippen molar-refractivity contribution < 1.29 is 4.39 Å². The molecule has 0 radical (unpaired) electrons. The third-order valence-corrected chi connectivity index (χ3v) is 5.83.